The smallest absolute Gasteiger partial charge is 0.338 e. The standard InChI is InChI=1S/C24H20N2O5S2/c1-4-11-30-23(29)20-14(2)25-24-26(21(20)18-6-5-12-32-18)22(28)19(33-24)13-16-7-9-17(10-8-16)31-15(3)27/h4-10,12-13,21H,1,11H2,2-3H3/b19-13+/t21-/m0/s1. The van der Waals surface area contributed by atoms with Gasteiger partial charge in [0.1, 0.15) is 18.4 Å². The van der Waals surface area contributed by atoms with E-state index in [1.165, 1.54) is 35.7 Å². The Kier molecular flexibility index (Phi) is 6.52. The molecule has 0 aliphatic carbocycles. The van der Waals surface area contributed by atoms with Gasteiger partial charge in [-0.2, -0.15) is 0 Å². The predicted molar refractivity (Wildman–Crippen MR) is 127 cm³/mol. The van der Waals surface area contributed by atoms with Crippen LogP contribution in [0.15, 0.2) is 75.5 Å². The first-order valence-corrected chi connectivity index (χ1v) is 11.7. The molecule has 0 N–H and O–H groups in total. The molecule has 2 aromatic heterocycles. The molecule has 3 heterocycles. The normalized spacial score (nSPS) is 15.6. The number of esters is 2. The zero-order valence-corrected chi connectivity index (χ0v) is 19.6. The number of hydrogen-bond acceptors (Lipinski definition) is 8. The molecular formula is C24H20N2O5S2. The van der Waals surface area contributed by atoms with Crippen LogP contribution in [0.5, 0.6) is 5.75 Å². The van der Waals surface area contributed by atoms with Crippen LogP contribution < -0.4 is 19.6 Å². The molecule has 1 aliphatic heterocycles. The van der Waals surface area contributed by atoms with E-state index in [0.29, 0.717) is 26.4 Å². The highest BCUT2D eigenvalue weighted by molar-refractivity contribution is 7.10. The molecule has 3 aromatic rings. The lowest BCUT2D eigenvalue weighted by molar-refractivity contribution is -0.138. The van der Waals surface area contributed by atoms with Gasteiger partial charge in [-0.15, -0.1) is 11.3 Å². The van der Waals surface area contributed by atoms with E-state index in [-0.39, 0.29) is 12.2 Å². The maximum Gasteiger partial charge on any atom is 0.338 e. The minimum absolute atomic E-state index is 0.0700. The van der Waals surface area contributed by atoms with Crippen LogP contribution in [-0.4, -0.2) is 23.1 Å². The number of nitrogens with zero attached hydrogens (tertiary/aromatic N) is 2. The van der Waals surface area contributed by atoms with E-state index in [4.69, 9.17) is 9.47 Å². The van der Waals surface area contributed by atoms with Crippen LogP contribution in [0.3, 0.4) is 0 Å². The Morgan fingerprint density at radius 3 is 2.64 bits per heavy atom. The third kappa shape index (κ3) is 4.64. The van der Waals surface area contributed by atoms with Crippen LogP contribution in [0, 0.1) is 0 Å². The summed E-state index contributed by atoms with van der Waals surface area (Å²) in [5.41, 5.74) is 1.37. The first kappa shape index (κ1) is 22.6. The number of fused-ring (bicyclic) bond motifs is 1. The van der Waals surface area contributed by atoms with Crippen molar-refractivity contribution in [2.45, 2.75) is 19.9 Å². The summed E-state index contributed by atoms with van der Waals surface area (Å²) in [7, 11) is 0. The van der Waals surface area contributed by atoms with Crippen molar-refractivity contribution >= 4 is 40.7 Å². The third-order valence-corrected chi connectivity index (χ3v) is 6.73. The molecule has 0 fully saturated rings. The average molecular weight is 481 g/mol. The lowest BCUT2D eigenvalue weighted by atomic mass is 10.0. The van der Waals surface area contributed by atoms with Gasteiger partial charge in [-0.1, -0.05) is 42.2 Å². The highest BCUT2D eigenvalue weighted by Gasteiger charge is 2.33. The summed E-state index contributed by atoms with van der Waals surface area (Å²) in [5, 5.41) is 1.90. The lowest BCUT2D eigenvalue weighted by Crippen LogP contribution is -2.39. The number of aromatic nitrogens is 1. The number of hydrogen-bond donors (Lipinski definition) is 0. The molecule has 168 valence electrons. The van der Waals surface area contributed by atoms with Gasteiger partial charge in [0.25, 0.3) is 5.56 Å². The van der Waals surface area contributed by atoms with Gasteiger partial charge in [0, 0.05) is 11.8 Å². The predicted octanol–water partition coefficient (Wildman–Crippen LogP) is 2.95. The fourth-order valence-electron chi connectivity index (χ4n) is 3.46. The number of thiophene rings is 1. The summed E-state index contributed by atoms with van der Waals surface area (Å²) in [6, 6.07) is 10.00. The molecule has 0 unspecified atom stereocenters. The van der Waals surface area contributed by atoms with E-state index < -0.39 is 18.0 Å². The molecule has 0 saturated carbocycles. The molecule has 1 atom stereocenters. The summed E-state index contributed by atoms with van der Waals surface area (Å²) in [6.07, 6.45) is 3.25. The quantitative estimate of drug-likeness (QED) is 0.308. The highest BCUT2D eigenvalue weighted by Crippen LogP contribution is 2.33. The molecule has 0 radical (unpaired) electrons. The van der Waals surface area contributed by atoms with Crippen molar-refractivity contribution in [3.63, 3.8) is 0 Å². The maximum atomic E-state index is 13.5. The third-order valence-electron chi connectivity index (χ3n) is 4.83. The van der Waals surface area contributed by atoms with E-state index in [1.807, 2.05) is 17.5 Å². The maximum absolute atomic E-state index is 13.5. The second-order valence-corrected chi connectivity index (χ2v) is 9.14. The number of ether oxygens (including phenoxy) is 2. The minimum Gasteiger partial charge on any atom is -0.458 e. The number of carbonyl (C=O) groups is 2. The van der Waals surface area contributed by atoms with Crippen molar-refractivity contribution in [1.82, 2.24) is 4.57 Å². The van der Waals surface area contributed by atoms with E-state index in [1.54, 1.807) is 41.8 Å². The average Bonchev–Trinajstić information content (AvgIpc) is 3.41. The summed E-state index contributed by atoms with van der Waals surface area (Å²) < 4.78 is 12.4. The van der Waals surface area contributed by atoms with Crippen LogP contribution in [0.25, 0.3) is 6.08 Å². The van der Waals surface area contributed by atoms with E-state index in [2.05, 4.69) is 11.6 Å². The number of benzene rings is 1. The van der Waals surface area contributed by atoms with Crippen LogP contribution in [0.1, 0.15) is 30.3 Å². The molecular weight excluding hydrogens is 460 g/mol. The second-order valence-electron chi connectivity index (χ2n) is 7.15. The molecule has 0 spiro atoms. The van der Waals surface area contributed by atoms with Gasteiger partial charge < -0.3 is 9.47 Å². The van der Waals surface area contributed by atoms with E-state index in [9.17, 15) is 14.4 Å². The Morgan fingerprint density at radius 1 is 1.24 bits per heavy atom. The molecule has 7 nitrogen and oxygen atoms in total. The molecule has 0 amide bonds. The second kappa shape index (κ2) is 9.51. The van der Waals surface area contributed by atoms with Crippen molar-refractivity contribution in [2.24, 2.45) is 4.99 Å². The number of rotatable bonds is 6. The first-order valence-electron chi connectivity index (χ1n) is 10.0. The lowest BCUT2D eigenvalue weighted by Gasteiger charge is -2.23. The van der Waals surface area contributed by atoms with Gasteiger partial charge in [-0.3, -0.25) is 14.2 Å². The van der Waals surface area contributed by atoms with Crippen LogP contribution in [0.4, 0.5) is 0 Å². The fraction of sp³-hybridized carbons (Fsp3) is 0.167. The van der Waals surface area contributed by atoms with Crippen LogP contribution in [-0.2, 0) is 14.3 Å². The van der Waals surface area contributed by atoms with Gasteiger partial charge in [-0.25, -0.2) is 9.79 Å². The van der Waals surface area contributed by atoms with Crippen molar-refractivity contribution in [1.29, 1.82) is 0 Å². The summed E-state index contributed by atoms with van der Waals surface area (Å²) in [4.78, 5) is 43.3. The molecule has 1 aromatic carbocycles. The Balaban J connectivity index is 1.82. The Morgan fingerprint density at radius 2 is 2.00 bits per heavy atom. The molecule has 0 saturated heterocycles. The Bertz CT molecular complexity index is 1430. The molecule has 0 bridgehead atoms. The first-order chi connectivity index (χ1) is 15.9. The monoisotopic (exact) mass is 480 g/mol. The number of thiazole rings is 1. The zero-order chi connectivity index (χ0) is 23.5. The van der Waals surface area contributed by atoms with Crippen molar-refractivity contribution in [2.75, 3.05) is 6.61 Å². The number of allylic oxidation sites excluding steroid dienone is 1. The Hall–Kier alpha value is -3.56. The van der Waals surface area contributed by atoms with Crippen LogP contribution >= 0.6 is 22.7 Å². The van der Waals surface area contributed by atoms with Gasteiger partial charge >= 0.3 is 11.9 Å². The topological polar surface area (TPSA) is 87.0 Å². The van der Waals surface area contributed by atoms with Gasteiger partial charge in [0.15, 0.2) is 4.80 Å². The summed E-state index contributed by atoms with van der Waals surface area (Å²) >= 11 is 2.71. The molecule has 4 rings (SSSR count). The highest BCUT2D eigenvalue weighted by atomic mass is 32.1. The van der Waals surface area contributed by atoms with Crippen LogP contribution in [0.2, 0.25) is 0 Å². The summed E-state index contributed by atoms with van der Waals surface area (Å²) in [6.45, 7) is 6.73. The van der Waals surface area contributed by atoms with Crippen molar-refractivity contribution in [3.8, 4) is 5.75 Å². The Labute approximate surface area is 197 Å². The van der Waals surface area contributed by atoms with Crippen molar-refractivity contribution < 1.29 is 19.1 Å². The molecule has 1 aliphatic rings. The van der Waals surface area contributed by atoms with E-state index in [0.717, 1.165) is 10.4 Å². The zero-order valence-electron chi connectivity index (χ0n) is 17.9. The largest absolute Gasteiger partial charge is 0.458 e. The fourth-order valence-corrected chi connectivity index (χ4v) is 5.33. The summed E-state index contributed by atoms with van der Waals surface area (Å²) in [5.74, 6) is -0.496. The van der Waals surface area contributed by atoms with Gasteiger partial charge in [0.2, 0.25) is 0 Å². The van der Waals surface area contributed by atoms with Crippen molar-refractivity contribution in [3.05, 3.63) is 95.8 Å². The molecule has 9 heteroatoms. The van der Waals surface area contributed by atoms with E-state index >= 15 is 0 Å². The molecule has 33 heavy (non-hydrogen) atoms. The van der Waals surface area contributed by atoms with Gasteiger partial charge in [-0.05, 0) is 42.1 Å². The SMILES string of the molecule is C=CCOC(=O)C1=C(C)N=c2s/c(=C/c3ccc(OC(C)=O)cc3)c(=O)n2[C@H]1c1cccs1. The van der Waals surface area contributed by atoms with Gasteiger partial charge in [0.05, 0.1) is 15.8 Å². The number of carbonyl (C=O) groups excluding carboxylic acids is 2. The minimum atomic E-state index is -0.618.